The van der Waals surface area contributed by atoms with Gasteiger partial charge in [-0.05, 0) is 37.0 Å². The van der Waals surface area contributed by atoms with Crippen LogP contribution in [0.5, 0.6) is 0 Å². The van der Waals surface area contributed by atoms with Crippen molar-refractivity contribution in [3.8, 4) is 11.1 Å². The molecule has 0 spiro atoms. The van der Waals surface area contributed by atoms with E-state index in [-0.39, 0.29) is 0 Å². The molecule has 0 atom stereocenters. The fraction of sp³-hybridized carbons (Fsp3) is 0.450. The fourth-order valence-electron chi connectivity index (χ4n) is 2.91. The molecule has 1 aromatic carbocycles. The van der Waals surface area contributed by atoms with Crippen molar-refractivity contribution < 1.29 is 9.47 Å². The highest BCUT2D eigenvalue weighted by Gasteiger charge is 2.13. The molecule has 148 valence electrons. The van der Waals surface area contributed by atoms with Crippen LogP contribution in [0.3, 0.4) is 0 Å². The maximum absolute atomic E-state index is 5.80. The van der Waals surface area contributed by atoms with Gasteiger partial charge in [-0.1, -0.05) is 15.9 Å². The van der Waals surface area contributed by atoms with Crippen LogP contribution in [0.2, 0.25) is 0 Å². The average Bonchev–Trinajstić information content (AvgIpc) is 3.20. The topological polar surface area (TPSA) is 41.2 Å². The standard InChI is InChI=1S/C20H28BrN3O2S/c1-25-8-7-23-14-19(18-11-17(21)5-6-20(18)23)16-12-22-24(13-16)15-26-9-10-27(2,3)4/h5-6,11-14H,7-10,15H2,1-4H3. The van der Waals surface area contributed by atoms with Crippen LogP contribution in [-0.4, -0.2) is 59.2 Å². The summed E-state index contributed by atoms with van der Waals surface area (Å²) in [6, 6.07) is 6.37. The molecule has 2 aromatic heterocycles. The molecule has 0 bridgehead atoms. The summed E-state index contributed by atoms with van der Waals surface area (Å²) >= 11 is 3.59. The molecule has 0 fully saturated rings. The monoisotopic (exact) mass is 453 g/mol. The molecule has 0 amide bonds. The Morgan fingerprint density at radius 3 is 2.70 bits per heavy atom. The number of ether oxygens (including phenoxy) is 2. The van der Waals surface area contributed by atoms with Gasteiger partial charge in [-0.15, -0.1) is 0 Å². The zero-order valence-corrected chi connectivity index (χ0v) is 18.8. The maximum Gasteiger partial charge on any atom is 0.139 e. The molecule has 0 aliphatic rings. The second-order valence-corrected chi connectivity index (χ2v) is 13.0. The number of hydrogen-bond acceptors (Lipinski definition) is 3. The van der Waals surface area contributed by atoms with Crippen LogP contribution in [0, 0.1) is 0 Å². The number of nitrogens with zero attached hydrogens (tertiary/aromatic N) is 3. The number of rotatable bonds is 9. The highest BCUT2D eigenvalue weighted by Crippen LogP contribution is 2.34. The molecule has 2 heterocycles. The van der Waals surface area contributed by atoms with Gasteiger partial charge in [0, 0.05) is 58.3 Å². The summed E-state index contributed by atoms with van der Waals surface area (Å²) in [7, 11) is 1.21. The first-order valence-electron chi connectivity index (χ1n) is 8.91. The van der Waals surface area contributed by atoms with Gasteiger partial charge in [-0.2, -0.15) is 5.10 Å². The van der Waals surface area contributed by atoms with E-state index in [1.54, 1.807) is 7.11 Å². The van der Waals surface area contributed by atoms with Crippen molar-refractivity contribution in [2.75, 3.05) is 44.8 Å². The summed E-state index contributed by atoms with van der Waals surface area (Å²) in [5, 5.41) is 5.69. The Labute approximate surface area is 171 Å². The minimum Gasteiger partial charge on any atom is -0.383 e. The molecule has 0 unspecified atom stereocenters. The smallest absolute Gasteiger partial charge is 0.139 e. The van der Waals surface area contributed by atoms with Crippen molar-refractivity contribution in [1.29, 1.82) is 0 Å². The van der Waals surface area contributed by atoms with Crippen molar-refractivity contribution in [3.63, 3.8) is 0 Å². The highest BCUT2D eigenvalue weighted by atomic mass is 79.9. The number of halogens is 1. The number of hydrogen-bond donors (Lipinski definition) is 0. The lowest BCUT2D eigenvalue weighted by atomic mass is 10.1. The van der Waals surface area contributed by atoms with Gasteiger partial charge >= 0.3 is 0 Å². The van der Waals surface area contributed by atoms with Crippen LogP contribution in [-0.2, 0) is 22.7 Å². The summed E-state index contributed by atoms with van der Waals surface area (Å²) in [4.78, 5) is 0. The number of fused-ring (bicyclic) bond motifs is 1. The van der Waals surface area contributed by atoms with E-state index in [2.05, 4.69) is 75.0 Å². The van der Waals surface area contributed by atoms with E-state index in [1.165, 1.54) is 16.5 Å². The van der Waals surface area contributed by atoms with Gasteiger partial charge in [-0.3, -0.25) is 0 Å². The molecule has 0 saturated heterocycles. The third-order valence-electron chi connectivity index (χ3n) is 4.39. The first kappa shape index (κ1) is 20.5. The average molecular weight is 454 g/mol. The van der Waals surface area contributed by atoms with Gasteiger partial charge in [0.15, 0.2) is 0 Å². The molecule has 0 aliphatic heterocycles. The van der Waals surface area contributed by atoms with Gasteiger partial charge in [0.25, 0.3) is 0 Å². The van der Waals surface area contributed by atoms with Gasteiger partial charge in [0.2, 0.25) is 0 Å². The molecule has 0 saturated carbocycles. The van der Waals surface area contributed by atoms with E-state index in [1.807, 2.05) is 10.9 Å². The molecular weight excluding hydrogens is 426 g/mol. The van der Waals surface area contributed by atoms with E-state index < -0.39 is 10.0 Å². The number of methoxy groups -OCH3 is 1. The molecule has 0 radical (unpaired) electrons. The minimum absolute atomic E-state index is 0.488. The first-order valence-corrected chi connectivity index (χ1v) is 12.7. The third-order valence-corrected chi connectivity index (χ3v) is 6.27. The Balaban J connectivity index is 1.79. The van der Waals surface area contributed by atoms with Crippen LogP contribution < -0.4 is 0 Å². The Kier molecular flexibility index (Phi) is 6.68. The van der Waals surface area contributed by atoms with E-state index in [9.17, 15) is 0 Å². The number of benzene rings is 1. The Morgan fingerprint density at radius 2 is 1.96 bits per heavy atom. The van der Waals surface area contributed by atoms with Crippen molar-refractivity contribution in [2.24, 2.45) is 0 Å². The lowest BCUT2D eigenvalue weighted by molar-refractivity contribution is 0.0809. The van der Waals surface area contributed by atoms with Crippen LogP contribution in [0.25, 0.3) is 22.0 Å². The van der Waals surface area contributed by atoms with E-state index >= 15 is 0 Å². The second kappa shape index (κ2) is 8.82. The number of aromatic nitrogens is 3. The lowest BCUT2D eigenvalue weighted by Gasteiger charge is -2.24. The van der Waals surface area contributed by atoms with Crippen molar-refractivity contribution in [2.45, 2.75) is 13.3 Å². The molecule has 0 N–H and O–H groups in total. The van der Waals surface area contributed by atoms with E-state index in [4.69, 9.17) is 9.47 Å². The van der Waals surface area contributed by atoms with Gasteiger partial charge in [0.05, 0.1) is 19.4 Å². The lowest BCUT2D eigenvalue weighted by Crippen LogP contribution is -2.10. The summed E-state index contributed by atoms with van der Waals surface area (Å²) in [6.45, 7) is 2.77. The van der Waals surface area contributed by atoms with Crippen LogP contribution in [0.1, 0.15) is 0 Å². The first-order chi connectivity index (χ1) is 12.9. The van der Waals surface area contributed by atoms with Crippen LogP contribution in [0.4, 0.5) is 0 Å². The Hall–Kier alpha value is -1.28. The summed E-state index contributed by atoms with van der Waals surface area (Å²) in [5.74, 6) is 1.11. The van der Waals surface area contributed by atoms with Crippen LogP contribution in [0.15, 0.2) is 41.3 Å². The second-order valence-electron chi connectivity index (χ2n) is 7.49. The zero-order chi connectivity index (χ0) is 19.4. The van der Waals surface area contributed by atoms with Crippen LogP contribution >= 0.6 is 26.0 Å². The predicted molar refractivity (Wildman–Crippen MR) is 119 cm³/mol. The van der Waals surface area contributed by atoms with Crippen molar-refractivity contribution in [1.82, 2.24) is 14.3 Å². The highest BCUT2D eigenvalue weighted by molar-refractivity contribution is 9.10. The maximum atomic E-state index is 5.80. The SMILES string of the molecule is COCCn1cc(-c2cnn(COCCS(C)(C)C)c2)c2cc(Br)ccc21. The molecule has 7 heteroatoms. The third kappa shape index (κ3) is 5.38. The summed E-state index contributed by atoms with van der Waals surface area (Å²) in [5.41, 5.74) is 3.47. The normalized spacial score (nSPS) is 12.8. The summed E-state index contributed by atoms with van der Waals surface area (Å²) < 4.78 is 16.2. The predicted octanol–water partition coefficient (Wildman–Crippen LogP) is 4.58. The molecule has 0 aliphatic carbocycles. The van der Waals surface area contributed by atoms with Crippen molar-refractivity contribution in [3.05, 3.63) is 41.3 Å². The van der Waals surface area contributed by atoms with E-state index in [0.717, 1.165) is 28.9 Å². The molecule has 3 aromatic rings. The quantitative estimate of drug-likeness (QED) is 0.445. The Morgan fingerprint density at radius 1 is 1.15 bits per heavy atom. The molecule has 5 nitrogen and oxygen atoms in total. The van der Waals surface area contributed by atoms with E-state index in [0.29, 0.717) is 13.3 Å². The van der Waals surface area contributed by atoms with Gasteiger partial charge < -0.3 is 14.0 Å². The molecule has 27 heavy (non-hydrogen) atoms. The Bertz CT molecular complexity index is 898. The minimum atomic E-state index is -0.522. The molecular formula is C20H28BrN3O2S. The fourth-order valence-corrected chi connectivity index (χ4v) is 3.89. The van der Waals surface area contributed by atoms with Gasteiger partial charge in [-0.25, -0.2) is 14.7 Å². The van der Waals surface area contributed by atoms with Gasteiger partial charge in [0.1, 0.15) is 6.73 Å². The largest absolute Gasteiger partial charge is 0.383 e. The zero-order valence-electron chi connectivity index (χ0n) is 16.4. The van der Waals surface area contributed by atoms with Crippen molar-refractivity contribution >= 4 is 36.9 Å². The summed E-state index contributed by atoms with van der Waals surface area (Å²) in [6.07, 6.45) is 13.1. The molecule has 3 rings (SSSR count).